The lowest BCUT2D eigenvalue weighted by atomic mass is 9.99. The van der Waals surface area contributed by atoms with E-state index in [-0.39, 0.29) is 23.3 Å². The minimum absolute atomic E-state index is 0.182. The maximum absolute atomic E-state index is 14.5. The first-order valence-electron chi connectivity index (χ1n) is 8.77. The van der Waals surface area contributed by atoms with Gasteiger partial charge in [-0.15, -0.1) is 26.3 Å². The van der Waals surface area contributed by atoms with Crippen molar-refractivity contribution in [2.24, 2.45) is 0 Å². The fourth-order valence-corrected chi connectivity index (χ4v) is 3.11. The van der Waals surface area contributed by atoms with Crippen LogP contribution in [0.4, 0.5) is 36.6 Å². The Hall–Kier alpha value is -2.90. The molecule has 1 aliphatic rings. The molecule has 1 saturated heterocycles. The molecule has 31 heavy (non-hydrogen) atoms. The first-order valence-corrected chi connectivity index (χ1v) is 8.77. The van der Waals surface area contributed by atoms with Crippen molar-refractivity contribution in [2.75, 3.05) is 11.9 Å². The van der Waals surface area contributed by atoms with Crippen LogP contribution in [-0.2, 0) is 9.53 Å². The monoisotopic (exact) mass is 456 g/mol. The predicted molar refractivity (Wildman–Crippen MR) is 91.4 cm³/mol. The molecule has 0 spiro atoms. The van der Waals surface area contributed by atoms with Gasteiger partial charge in [-0.3, -0.25) is 9.53 Å². The molecule has 1 fully saturated rings. The number of fused-ring (bicyclic) bond motifs is 1. The number of nitrogens with zero attached hydrogens (tertiary/aromatic N) is 3. The number of alkyl halides is 6. The molecule has 0 aliphatic carbocycles. The summed E-state index contributed by atoms with van der Waals surface area (Å²) in [6, 6.07) is -0.549. The summed E-state index contributed by atoms with van der Waals surface area (Å²) >= 11 is 0. The third-order valence-corrected chi connectivity index (χ3v) is 4.60. The van der Waals surface area contributed by atoms with Crippen LogP contribution >= 0.6 is 0 Å². The molecule has 1 aromatic carbocycles. The van der Waals surface area contributed by atoms with Crippen LogP contribution in [0.1, 0.15) is 13.8 Å². The van der Waals surface area contributed by atoms with Gasteiger partial charge in [-0.05, 0) is 13.8 Å². The van der Waals surface area contributed by atoms with Crippen LogP contribution in [0.5, 0.6) is 5.75 Å². The molecule has 2 heterocycles. The minimum Gasteiger partial charge on any atom is -0.406 e. The Morgan fingerprint density at radius 3 is 2.45 bits per heavy atom. The van der Waals surface area contributed by atoms with Gasteiger partial charge in [-0.2, -0.15) is 0 Å². The van der Waals surface area contributed by atoms with Crippen molar-refractivity contribution in [3.63, 3.8) is 0 Å². The van der Waals surface area contributed by atoms with Crippen LogP contribution in [0, 0.1) is 5.82 Å². The SMILES string of the molecule is C[C@@H](Nc1ncnc2cc(OC(F)(F)F)cc(F)c12)C(=O)N1C[C@H](OC(F)(F)F)[C@@H]1C. The number of hydrogen-bond acceptors (Lipinski definition) is 6. The molecule has 0 radical (unpaired) electrons. The Kier molecular flexibility index (Phi) is 5.86. The van der Waals surface area contributed by atoms with Crippen molar-refractivity contribution >= 4 is 22.6 Å². The number of benzene rings is 1. The van der Waals surface area contributed by atoms with Gasteiger partial charge in [0.15, 0.2) is 0 Å². The molecule has 1 N–H and O–H groups in total. The van der Waals surface area contributed by atoms with Crippen LogP contribution in [-0.4, -0.2) is 58.2 Å². The average molecular weight is 456 g/mol. The fraction of sp³-hybridized carbons (Fsp3) is 0.471. The predicted octanol–water partition coefficient (Wildman–Crippen LogP) is 3.60. The molecule has 2 aromatic rings. The zero-order chi connectivity index (χ0) is 23.1. The third kappa shape index (κ3) is 5.24. The number of carbonyl (C=O) groups is 1. The number of aromatic nitrogens is 2. The molecule has 1 aliphatic heterocycles. The maximum Gasteiger partial charge on any atom is 0.573 e. The van der Waals surface area contributed by atoms with Gasteiger partial charge in [0, 0.05) is 18.7 Å². The van der Waals surface area contributed by atoms with Crippen molar-refractivity contribution < 1.29 is 45.0 Å². The summed E-state index contributed by atoms with van der Waals surface area (Å²) in [7, 11) is 0. The molecular formula is C17H15F7N4O3. The van der Waals surface area contributed by atoms with Crippen LogP contribution in [0.2, 0.25) is 0 Å². The molecule has 3 atom stereocenters. The van der Waals surface area contributed by atoms with Gasteiger partial charge < -0.3 is 15.0 Å². The summed E-state index contributed by atoms with van der Waals surface area (Å²) in [5.41, 5.74) is -0.215. The lowest BCUT2D eigenvalue weighted by Crippen LogP contribution is -2.64. The van der Waals surface area contributed by atoms with Crippen LogP contribution in [0.3, 0.4) is 0 Å². The summed E-state index contributed by atoms with van der Waals surface area (Å²) in [6.07, 6.45) is -10.1. The zero-order valence-electron chi connectivity index (χ0n) is 15.9. The van der Waals surface area contributed by atoms with E-state index in [2.05, 4.69) is 24.8 Å². The molecule has 0 unspecified atom stereocenters. The molecular weight excluding hydrogens is 441 g/mol. The molecule has 3 rings (SSSR count). The number of halogens is 7. The first kappa shape index (κ1) is 22.8. The van der Waals surface area contributed by atoms with Crippen molar-refractivity contribution in [1.82, 2.24) is 14.9 Å². The van der Waals surface area contributed by atoms with E-state index >= 15 is 0 Å². The van der Waals surface area contributed by atoms with Crippen molar-refractivity contribution in [2.45, 2.75) is 44.8 Å². The second-order valence-electron chi connectivity index (χ2n) is 6.77. The summed E-state index contributed by atoms with van der Waals surface area (Å²) < 4.78 is 96.1. The van der Waals surface area contributed by atoms with Gasteiger partial charge in [-0.25, -0.2) is 14.4 Å². The summed E-state index contributed by atoms with van der Waals surface area (Å²) in [5, 5.41) is 2.33. The maximum atomic E-state index is 14.5. The average Bonchev–Trinajstić information content (AvgIpc) is 2.61. The van der Waals surface area contributed by atoms with Gasteiger partial charge in [0.05, 0.1) is 16.9 Å². The Morgan fingerprint density at radius 1 is 1.19 bits per heavy atom. The Morgan fingerprint density at radius 2 is 1.87 bits per heavy atom. The van der Waals surface area contributed by atoms with E-state index in [0.717, 1.165) is 17.3 Å². The summed E-state index contributed by atoms with van der Waals surface area (Å²) in [5.74, 6) is -2.73. The smallest absolute Gasteiger partial charge is 0.406 e. The molecule has 0 bridgehead atoms. The third-order valence-electron chi connectivity index (χ3n) is 4.60. The summed E-state index contributed by atoms with van der Waals surface area (Å²) in [6.45, 7) is 2.47. The van der Waals surface area contributed by atoms with Gasteiger partial charge in [0.1, 0.15) is 35.9 Å². The lowest BCUT2D eigenvalue weighted by molar-refractivity contribution is -0.359. The zero-order valence-corrected chi connectivity index (χ0v) is 15.9. The topological polar surface area (TPSA) is 76.6 Å². The molecule has 1 aromatic heterocycles. The van der Waals surface area contributed by atoms with Gasteiger partial charge in [0.25, 0.3) is 0 Å². The van der Waals surface area contributed by atoms with Crippen molar-refractivity contribution in [3.8, 4) is 5.75 Å². The number of carbonyl (C=O) groups excluding carboxylic acids is 1. The van der Waals surface area contributed by atoms with E-state index in [9.17, 15) is 35.5 Å². The highest BCUT2D eigenvalue weighted by Gasteiger charge is 2.46. The van der Waals surface area contributed by atoms with Gasteiger partial charge >= 0.3 is 12.7 Å². The number of anilines is 1. The standard InChI is InChI=1S/C17H15F7N4O3/c1-7(15(29)28-5-12(8(28)2)31-17(22,23)24)27-14-13-10(18)3-9(30-16(19,20)21)4-11(13)25-6-26-14/h3-4,6-8,12H,5H2,1-2H3,(H,25,26,27)/t7-,8+,12+/m1/s1. The van der Waals surface area contributed by atoms with E-state index in [1.165, 1.54) is 13.8 Å². The second-order valence-corrected chi connectivity index (χ2v) is 6.77. The number of ether oxygens (including phenoxy) is 2. The molecule has 170 valence electrons. The highest BCUT2D eigenvalue weighted by molar-refractivity contribution is 5.93. The first-order chi connectivity index (χ1) is 14.2. The second kappa shape index (κ2) is 7.98. The highest BCUT2D eigenvalue weighted by atomic mass is 19.4. The largest absolute Gasteiger partial charge is 0.573 e. The minimum atomic E-state index is -5.03. The van der Waals surface area contributed by atoms with Crippen LogP contribution in [0.25, 0.3) is 10.9 Å². The van der Waals surface area contributed by atoms with E-state index in [1.807, 2.05) is 0 Å². The molecule has 0 saturated carbocycles. The quantitative estimate of drug-likeness (QED) is 0.693. The van der Waals surface area contributed by atoms with Crippen LogP contribution in [0.15, 0.2) is 18.5 Å². The number of likely N-dealkylation sites (tertiary alicyclic amines) is 1. The molecule has 14 heteroatoms. The Bertz CT molecular complexity index is 983. The van der Waals surface area contributed by atoms with E-state index in [4.69, 9.17) is 0 Å². The lowest BCUT2D eigenvalue weighted by Gasteiger charge is -2.46. The Balaban J connectivity index is 1.75. The number of hydrogen-bond donors (Lipinski definition) is 1. The fourth-order valence-electron chi connectivity index (χ4n) is 3.11. The van der Waals surface area contributed by atoms with Crippen molar-refractivity contribution in [1.29, 1.82) is 0 Å². The Labute approximate surface area is 170 Å². The van der Waals surface area contributed by atoms with Gasteiger partial charge in [0.2, 0.25) is 5.91 Å². The number of rotatable bonds is 5. The van der Waals surface area contributed by atoms with Crippen molar-refractivity contribution in [3.05, 3.63) is 24.3 Å². The van der Waals surface area contributed by atoms with E-state index in [0.29, 0.717) is 6.07 Å². The van der Waals surface area contributed by atoms with E-state index < -0.39 is 48.4 Å². The van der Waals surface area contributed by atoms with Gasteiger partial charge in [-0.1, -0.05) is 0 Å². The van der Waals surface area contributed by atoms with E-state index in [1.54, 1.807) is 0 Å². The molecule has 1 amide bonds. The normalized spacial score (nSPS) is 20.4. The number of amides is 1. The number of nitrogens with one attached hydrogen (secondary N) is 1. The van der Waals surface area contributed by atoms with Crippen LogP contribution < -0.4 is 10.1 Å². The highest BCUT2D eigenvalue weighted by Crippen LogP contribution is 2.32. The summed E-state index contributed by atoms with van der Waals surface area (Å²) in [4.78, 5) is 21.2. The molecule has 7 nitrogen and oxygen atoms in total.